The zero-order valence-electron chi connectivity index (χ0n) is 10.6. The quantitative estimate of drug-likeness (QED) is 0.736. The molecular formula is C16H12N2S2. The van der Waals surface area contributed by atoms with Gasteiger partial charge in [-0.25, -0.2) is 0 Å². The van der Waals surface area contributed by atoms with Crippen molar-refractivity contribution in [3.8, 4) is 10.8 Å². The van der Waals surface area contributed by atoms with E-state index >= 15 is 0 Å². The Labute approximate surface area is 127 Å². The highest BCUT2D eigenvalue weighted by Gasteiger charge is 2.26. The number of hydrogen-bond donors (Lipinski definition) is 0. The van der Waals surface area contributed by atoms with Crippen molar-refractivity contribution in [1.29, 1.82) is 10.5 Å². The highest BCUT2D eigenvalue weighted by atomic mass is 32.2. The van der Waals surface area contributed by atoms with Crippen molar-refractivity contribution in [3.63, 3.8) is 0 Å². The van der Waals surface area contributed by atoms with Crippen LogP contribution in [0.4, 0.5) is 0 Å². The lowest BCUT2D eigenvalue weighted by atomic mass is 10.0. The van der Waals surface area contributed by atoms with Gasteiger partial charge >= 0.3 is 0 Å². The van der Waals surface area contributed by atoms with Gasteiger partial charge in [0.25, 0.3) is 0 Å². The van der Waals surface area contributed by atoms with Crippen LogP contribution in [0.5, 0.6) is 0 Å². The standard InChI is InChI=1S/C16H12N2S2/c17-11-19-15(13-7-3-1-4-8-13)16(20-12-18)14-9-5-2-6-10-14/h1-10,15-16H. The molecule has 0 saturated heterocycles. The predicted octanol–water partition coefficient (Wildman–Crippen LogP) is 4.90. The fourth-order valence-electron chi connectivity index (χ4n) is 2.01. The summed E-state index contributed by atoms with van der Waals surface area (Å²) in [6, 6.07) is 19.7. The number of thiocyanates is 2. The molecule has 2 unspecified atom stereocenters. The Kier molecular flexibility index (Phi) is 5.55. The predicted molar refractivity (Wildman–Crippen MR) is 84.8 cm³/mol. The second-order valence-corrected chi connectivity index (χ2v) is 5.93. The molecule has 0 saturated carbocycles. The lowest BCUT2D eigenvalue weighted by molar-refractivity contribution is 0.913. The zero-order valence-corrected chi connectivity index (χ0v) is 12.3. The summed E-state index contributed by atoms with van der Waals surface area (Å²) in [4.78, 5) is 0. The molecule has 0 aliphatic heterocycles. The first-order valence-corrected chi connectivity index (χ1v) is 7.82. The Morgan fingerprint density at radius 2 is 1.00 bits per heavy atom. The van der Waals surface area contributed by atoms with E-state index in [0.717, 1.165) is 11.1 Å². The van der Waals surface area contributed by atoms with E-state index in [-0.39, 0.29) is 10.5 Å². The maximum absolute atomic E-state index is 9.08. The molecule has 0 radical (unpaired) electrons. The van der Waals surface area contributed by atoms with E-state index in [2.05, 4.69) is 10.8 Å². The van der Waals surface area contributed by atoms with Crippen LogP contribution in [0.3, 0.4) is 0 Å². The Morgan fingerprint density at radius 1 is 0.650 bits per heavy atom. The molecule has 2 aromatic carbocycles. The molecule has 0 bridgehead atoms. The molecule has 0 aliphatic rings. The molecule has 0 aromatic heterocycles. The fourth-order valence-corrected chi connectivity index (χ4v) is 3.72. The summed E-state index contributed by atoms with van der Waals surface area (Å²) in [6.07, 6.45) is 0. The Bertz CT molecular complexity index is 557. The van der Waals surface area contributed by atoms with Crippen LogP contribution in [0.15, 0.2) is 60.7 Å². The molecule has 0 spiro atoms. The topological polar surface area (TPSA) is 47.6 Å². The van der Waals surface area contributed by atoms with Crippen molar-refractivity contribution in [1.82, 2.24) is 0 Å². The van der Waals surface area contributed by atoms with Crippen LogP contribution in [0.1, 0.15) is 21.6 Å². The summed E-state index contributed by atoms with van der Waals surface area (Å²) < 4.78 is 0. The first-order chi connectivity index (χ1) is 9.86. The molecule has 4 heteroatoms. The zero-order chi connectivity index (χ0) is 14.2. The third kappa shape index (κ3) is 3.57. The number of rotatable bonds is 5. The third-order valence-corrected chi connectivity index (χ3v) is 4.87. The normalized spacial score (nSPS) is 12.9. The number of hydrogen-bond acceptors (Lipinski definition) is 4. The van der Waals surface area contributed by atoms with Gasteiger partial charge in [-0.1, -0.05) is 60.7 Å². The molecule has 0 aliphatic carbocycles. The van der Waals surface area contributed by atoms with Crippen LogP contribution >= 0.6 is 23.5 Å². The number of benzene rings is 2. The summed E-state index contributed by atoms with van der Waals surface area (Å²) >= 11 is 2.41. The van der Waals surface area contributed by atoms with Crippen molar-refractivity contribution >= 4 is 23.5 Å². The minimum absolute atomic E-state index is 0.0618. The van der Waals surface area contributed by atoms with Crippen LogP contribution in [0.2, 0.25) is 0 Å². The van der Waals surface area contributed by atoms with E-state index < -0.39 is 0 Å². The smallest absolute Gasteiger partial charge is 0.134 e. The van der Waals surface area contributed by atoms with Crippen LogP contribution in [0.25, 0.3) is 0 Å². The molecule has 2 rings (SSSR count). The fraction of sp³-hybridized carbons (Fsp3) is 0.125. The molecule has 98 valence electrons. The van der Waals surface area contributed by atoms with E-state index in [1.165, 1.54) is 23.5 Å². The van der Waals surface area contributed by atoms with Gasteiger partial charge in [0.05, 0.1) is 10.5 Å². The molecular weight excluding hydrogens is 284 g/mol. The lowest BCUT2D eigenvalue weighted by Crippen LogP contribution is -2.04. The molecule has 2 atom stereocenters. The maximum atomic E-state index is 9.08. The van der Waals surface area contributed by atoms with Gasteiger partial charge in [0.15, 0.2) is 0 Å². The molecule has 0 heterocycles. The summed E-state index contributed by atoms with van der Waals surface area (Å²) in [5, 5.41) is 22.4. The highest BCUT2D eigenvalue weighted by molar-refractivity contribution is 8.07. The Morgan fingerprint density at radius 3 is 1.30 bits per heavy atom. The third-order valence-electron chi connectivity index (χ3n) is 2.89. The van der Waals surface area contributed by atoms with E-state index in [9.17, 15) is 0 Å². The van der Waals surface area contributed by atoms with E-state index in [1.807, 2.05) is 60.7 Å². The minimum atomic E-state index is -0.0618. The molecule has 2 aromatic rings. The van der Waals surface area contributed by atoms with Gasteiger partial charge in [-0.05, 0) is 34.7 Å². The van der Waals surface area contributed by atoms with Crippen LogP contribution in [0, 0.1) is 21.3 Å². The van der Waals surface area contributed by atoms with Gasteiger partial charge in [-0.3, -0.25) is 0 Å². The van der Waals surface area contributed by atoms with Crippen LogP contribution in [-0.2, 0) is 0 Å². The summed E-state index contributed by atoms with van der Waals surface area (Å²) in [5.74, 6) is 0. The highest BCUT2D eigenvalue weighted by Crippen LogP contribution is 2.47. The lowest BCUT2D eigenvalue weighted by Gasteiger charge is -2.22. The van der Waals surface area contributed by atoms with Crippen molar-refractivity contribution in [2.45, 2.75) is 10.5 Å². The molecule has 2 nitrogen and oxygen atoms in total. The average molecular weight is 296 g/mol. The second-order valence-electron chi connectivity index (χ2n) is 4.08. The SMILES string of the molecule is N#CSC(c1ccccc1)C(SC#N)c1ccccc1. The molecule has 0 fully saturated rings. The Balaban J connectivity index is 2.39. The number of thioether (sulfide) groups is 2. The van der Waals surface area contributed by atoms with Gasteiger partial charge in [0, 0.05) is 0 Å². The van der Waals surface area contributed by atoms with Crippen LogP contribution in [-0.4, -0.2) is 0 Å². The summed E-state index contributed by atoms with van der Waals surface area (Å²) in [5.41, 5.74) is 2.13. The largest absolute Gasteiger partial charge is 0.185 e. The van der Waals surface area contributed by atoms with Crippen molar-refractivity contribution in [2.24, 2.45) is 0 Å². The monoisotopic (exact) mass is 296 g/mol. The molecule has 0 N–H and O–H groups in total. The number of nitrogens with zero attached hydrogens (tertiary/aromatic N) is 2. The van der Waals surface area contributed by atoms with Gasteiger partial charge in [0.1, 0.15) is 10.8 Å². The summed E-state index contributed by atoms with van der Waals surface area (Å²) in [6.45, 7) is 0. The average Bonchev–Trinajstić information content (AvgIpc) is 2.52. The first kappa shape index (κ1) is 14.5. The first-order valence-electron chi connectivity index (χ1n) is 6.06. The Hall–Kier alpha value is -1.88. The van der Waals surface area contributed by atoms with E-state index in [0.29, 0.717) is 0 Å². The van der Waals surface area contributed by atoms with Crippen molar-refractivity contribution < 1.29 is 0 Å². The number of nitriles is 2. The minimum Gasteiger partial charge on any atom is -0.185 e. The molecule has 0 amide bonds. The maximum Gasteiger partial charge on any atom is 0.134 e. The van der Waals surface area contributed by atoms with Gasteiger partial charge in [0.2, 0.25) is 0 Å². The van der Waals surface area contributed by atoms with E-state index in [4.69, 9.17) is 10.5 Å². The summed E-state index contributed by atoms with van der Waals surface area (Å²) in [7, 11) is 0. The van der Waals surface area contributed by atoms with Crippen molar-refractivity contribution in [2.75, 3.05) is 0 Å². The second kappa shape index (κ2) is 7.65. The van der Waals surface area contributed by atoms with Gasteiger partial charge < -0.3 is 0 Å². The molecule has 20 heavy (non-hydrogen) atoms. The van der Waals surface area contributed by atoms with Crippen LogP contribution < -0.4 is 0 Å². The van der Waals surface area contributed by atoms with E-state index in [1.54, 1.807) is 0 Å². The van der Waals surface area contributed by atoms with Crippen molar-refractivity contribution in [3.05, 3.63) is 71.8 Å². The van der Waals surface area contributed by atoms with Gasteiger partial charge in [-0.2, -0.15) is 10.5 Å². The van der Waals surface area contributed by atoms with Gasteiger partial charge in [-0.15, -0.1) is 0 Å².